The molecule has 0 saturated heterocycles. The molecule has 1 aromatic carbocycles. The van der Waals surface area contributed by atoms with Crippen LogP contribution < -0.4 is 5.73 Å². The van der Waals surface area contributed by atoms with Gasteiger partial charge in [0.1, 0.15) is 5.82 Å². The largest absolute Gasteiger partial charge is 0.330 e. The Morgan fingerprint density at radius 2 is 2.05 bits per heavy atom. The SMILES string of the molecule is CC(C)(C)C1CCC(CN)C(Sc2cccc(F)c2)C1. The van der Waals surface area contributed by atoms with E-state index in [1.54, 1.807) is 12.1 Å². The molecule has 2 N–H and O–H groups in total. The predicted octanol–water partition coefficient (Wildman–Crippen LogP) is 4.71. The molecule has 0 spiro atoms. The minimum absolute atomic E-state index is 0.150. The topological polar surface area (TPSA) is 26.0 Å². The molecule has 20 heavy (non-hydrogen) atoms. The minimum atomic E-state index is -0.150. The zero-order valence-electron chi connectivity index (χ0n) is 12.7. The molecule has 112 valence electrons. The van der Waals surface area contributed by atoms with Crippen LogP contribution in [0.2, 0.25) is 0 Å². The Morgan fingerprint density at radius 3 is 2.65 bits per heavy atom. The smallest absolute Gasteiger partial charge is 0.124 e. The molecule has 3 unspecified atom stereocenters. The standard InChI is InChI=1S/C17H26FNS/c1-17(2,3)13-8-7-12(11-19)16(9-13)20-15-6-4-5-14(18)10-15/h4-6,10,12-13,16H,7-9,11,19H2,1-3H3. The van der Waals surface area contributed by atoms with Gasteiger partial charge >= 0.3 is 0 Å². The number of hydrogen-bond donors (Lipinski definition) is 1. The average Bonchev–Trinajstić information content (AvgIpc) is 2.37. The second-order valence-corrected chi connectivity index (χ2v) is 8.30. The van der Waals surface area contributed by atoms with Crippen LogP contribution in [-0.2, 0) is 0 Å². The highest BCUT2D eigenvalue weighted by molar-refractivity contribution is 8.00. The van der Waals surface area contributed by atoms with Crippen molar-refractivity contribution >= 4 is 11.8 Å². The first-order valence-electron chi connectivity index (χ1n) is 7.52. The van der Waals surface area contributed by atoms with Crippen molar-refractivity contribution in [2.75, 3.05) is 6.54 Å². The van der Waals surface area contributed by atoms with Crippen molar-refractivity contribution < 1.29 is 4.39 Å². The first-order chi connectivity index (χ1) is 9.40. The number of benzene rings is 1. The highest BCUT2D eigenvalue weighted by Crippen LogP contribution is 2.45. The number of nitrogens with two attached hydrogens (primary N) is 1. The summed E-state index contributed by atoms with van der Waals surface area (Å²) in [4.78, 5) is 1.03. The second kappa shape index (κ2) is 6.48. The lowest BCUT2D eigenvalue weighted by atomic mass is 9.69. The second-order valence-electron chi connectivity index (χ2n) is 6.99. The van der Waals surface area contributed by atoms with Gasteiger partial charge in [0.25, 0.3) is 0 Å². The van der Waals surface area contributed by atoms with Crippen LogP contribution in [0, 0.1) is 23.1 Å². The lowest BCUT2D eigenvalue weighted by Gasteiger charge is -2.41. The van der Waals surface area contributed by atoms with Crippen molar-refractivity contribution in [3.8, 4) is 0 Å². The third-order valence-corrected chi connectivity index (χ3v) is 5.95. The van der Waals surface area contributed by atoms with E-state index in [4.69, 9.17) is 5.73 Å². The summed E-state index contributed by atoms with van der Waals surface area (Å²) in [5, 5.41) is 0.514. The van der Waals surface area contributed by atoms with Crippen molar-refractivity contribution in [3.63, 3.8) is 0 Å². The van der Waals surface area contributed by atoms with Crippen molar-refractivity contribution in [2.45, 2.75) is 50.2 Å². The summed E-state index contributed by atoms with van der Waals surface area (Å²) >= 11 is 1.81. The molecule has 3 heteroatoms. The molecular formula is C17H26FNS. The molecular weight excluding hydrogens is 269 g/mol. The summed E-state index contributed by atoms with van der Waals surface area (Å²) in [6, 6.07) is 6.93. The first-order valence-corrected chi connectivity index (χ1v) is 8.40. The Hall–Kier alpha value is -0.540. The zero-order chi connectivity index (χ0) is 14.8. The van der Waals surface area contributed by atoms with Crippen molar-refractivity contribution in [1.82, 2.24) is 0 Å². The summed E-state index contributed by atoms with van der Waals surface area (Å²) in [6.45, 7) is 7.71. The fourth-order valence-corrected chi connectivity index (χ4v) is 4.56. The Bertz CT molecular complexity index is 441. The van der Waals surface area contributed by atoms with Gasteiger partial charge in [0, 0.05) is 10.1 Å². The van der Waals surface area contributed by atoms with Crippen LogP contribution in [0.3, 0.4) is 0 Å². The van der Waals surface area contributed by atoms with E-state index in [-0.39, 0.29) is 5.82 Å². The van der Waals surface area contributed by atoms with Crippen molar-refractivity contribution in [1.29, 1.82) is 0 Å². The lowest BCUT2D eigenvalue weighted by molar-refractivity contribution is 0.157. The Kier molecular flexibility index (Phi) is 5.14. The number of thioether (sulfide) groups is 1. The molecule has 0 amide bonds. The highest BCUT2D eigenvalue weighted by Gasteiger charge is 2.35. The van der Waals surface area contributed by atoms with Crippen molar-refractivity contribution in [2.24, 2.45) is 23.0 Å². The summed E-state index contributed by atoms with van der Waals surface area (Å²) in [7, 11) is 0. The average molecular weight is 295 g/mol. The van der Waals surface area contributed by atoms with Crippen LogP contribution in [-0.4, -0.2) is 11.8 Å². The third-order valence-electron chi connectivity index (χ3n) is 4.54. The van der Waals surface area contributed by atoms with E-state index < -0.39 is 0 Å². The fourth-order valence-electron chi connectivity index (χ4n) is 3.11. The molecule has 3 atom stereocenters. The van der Waals surface area contributed by atoms with Crippen molar-refractivity contribution in [3.05, 3.63) is 30.1 Å². The van der Waals surface area contributed by atoms with Crippen LogP contribution in [0.5, 0.6) is 0 Å². The van der Waals surface area contributed by atoms with E-state index in [0.717, 1.165) is 17.4 Å². The predicted molar refractivity (Wildman–Crippen MR) is 85.4 cm³/mol. The van der Waals surface area contributed by atoms with Crippen LogP contribution in [0.4, 0.5) is 4.39 Å². The van der Waals surface area contributed by atoms with Gasteiger partial charge < -0.3 is 5.73 Å². The van der Waals surface area contributed by atoms with Gasteiger partial charge in [0.05, 0.1) is 0 Å². The molecule has 0 aromatic heterocycles. The van der Waals surface area contributed by atoms with E-state index in [9.17, 15) is 4.39 Å². The summed E-state index contributed by atoms with van der Waals surface area (Å²) in [5.74, 6) is 1.14. The minimum Gasteiger partial charge on any atom is -0.330 e. The van der Waals surface area contributed by atoms with Gasteiger partial charge in [0.2, 0.25) is 0 Å². The fraction of sp³-hybridized carbons (Fsp3) is 0.647. The van der Waals surface area contributed by atoms with Crippen LogP contribution in [0.15, 0.2) is 29.2 Å². The molecule has 1 aromatic rings. The van der Waals surface area contributed by atoms with Gasteiger partial charge in [-0.3, -0.25) is 0 Å². The number of hydrogen-bond acceptors (Lipinski definition) is 2. The Morgan fingerprint density at radius 1 is 1.30 bits per heavy atom. The van der Waals surface area contributed by atoms with Gasteiger partial charge in [-0.1, -0.05) is 26.8 Å². The molecule has 1 aliphatic carbocycles. The van der Waals surface area contributed by atoms with E-state index in [1.165, 1.54) is 25.3 Å². The molecule has 1 saturated carbocycles. The van der Waals surface area contributed by atoms with E-state index in [2.05, 4.69) is 20.8 Å². The van der Waals surface area contributed by atoms with Gasteiger partial charge in [-0.2, -0.15) is 0 Å². The number of halogens is 1. The molecule has 0 aliphatic heterocycles. The summed E-state index contributed by atoms with van der Waals surface area (Å²) in [5.41, 5.74) is 6.29. The van der Waals surface area contributed by atoms with Gasteiger partial charge in [-0.05, 0) is 61.3 Å². The molecule has 1 aliphatic rings. The molecule has 0 heterocycles. The maximum atomic E-state index is 13.3. The maximum absolute atomic E-state index is 13.3. The van der Waals surface area contributed by atoms with Crippen LogP contribution in [0.1, 0.15) is 40.0 Å². The monoisotopic (exact) mass is 295 g/mol. The van der Waals surface area contributed by atoms with Crippen LogP contribution in [0.25, 0.3) is 0 Å². The van der Waals surface area contributed by atoms with E-state index in [1.807, 2.05) is 17.8 Å². The Balaban J connectivity index is 2.09. The molecule has 0 bridgehead atoms. The normalized spacial score (nSPS) is 27.6. The van der Waals surface area contributed by atoms with E-state index >= 15 is 0 Å². The van der Waals surface area contributed by atoms with E-state index in [0.29, 0.717) is 16.6 Å². The highest BCUT2D eigenvalue weighted by atomic mass is 32.2. The quantitative estimate of drug-likeness (QED) is 0.874. The van der Waals surface area contributed by atoms with Crippen LogP contribution >= 0.6 is 11.8 Å². The van der Waals surface area contributed by atoms with Gasteiger partial charge in [-0.25, -0.2) is 4.39 Å². The van der Waals surface area contributed by atoms with Gasteiger partial charge in [-0.15, -0.1) is 11.8 Å². The zero-order valence-corrected chi connectivity index (χ0v) is 13.5. The maximum Gasteiger partial charge on any atom is 0.124 e. The first kappa shape index (κ1) is 15.8. The number of rotatable bonds is 3. The summed E-state index contributed by atoms with van der Waals surface area (Å²) in [6.07, 6.45) is 3.66. The molecule has 1 fully saturated rings. The van der Waals surface area contributed by atoms with Gasteiger partial charge in [0.15, 0.2) is 0 Å². The third kappa shape index (κ3) is 3.98. The lowest BCUT2D eigenvalue weighted by Crippen LogP contribution is -2.36. The summed E-state index contributed by atoms with van der Waals surface area (Å²) < 4.78 is 13.3. The molecule has 0 radical (unpaired) electrons. The Labute approximate surface area is 126 Å². The molecule has 2 rings (SSSR count). The molecule has 1 nitrogen and oxygen atoms in total.